The van der Waals surface area contributed by atoms with Crippen LogP contribution < -0.4 is 16.4 Å². The molecule has 1 spiro atoms. The Labute approximate surface area is 259 Å². The summed E-state index contributed by atoms with van der Waals surface area (Å²) in [7, 11) is 1.35. The third kappa shape index (κ3) is 4.29. The van der Waals surface area contributed by atoms with Crippen molar-refractivity contribution in [2.24, 2.45) is 5.92 Å². The molecular weight excluding hydrogens is 590 g/mol. The van der Waals surface area contributed by atoms with Gasteiger partial charge in [0.05, 0.1) is 17.7 Å². The standard InChI is InChI=1S/C33H33Cl2FN4O3/c1-16-19(31(41)43-2)9-10-20(29(16)37)24-12-13-26-30(38-24)27(21-4-3-5-23(35)28(21)36)33(40(26)15-17-6-7-17)22-11-8-18(34)14-25(22)39-32(33)42/h3-5,8-11,14,17,24,26-27,30,38H,6-7,12-13,15,37H2,1-2H3,(H,39,42)/t24?,26-,27-,30+,33+/m0/s1. The predicted molar refractivity (Wildman–Crippen MR) is 165 cm³/mol. The van der Waals surface area contributed by atoms with E-state index >= 15 is 4.39 Å². The quantitative estimate of drug-likeness (QED) is 0.227. The number of halogens is 3. The summed E-state index contributed by atoms with van der Waals surface area (Å²) in [5.41, 5.74) is 9.79. The van der Waals surface area contributed by atoms with Crippen molar-refractivity contribution in [2.45, 2.75) is 62.2 Å². The molecule has 1 aliphatic carbocycles. The van der Waals surface area contributed by atoms with Crippen molar-refractivity contribution in [3.8, 4) is 0 Å². The van der Waals surface area contributed by atoms with Crippen molar-refractivity contribution in [2.75, 3.05) is 24.7 Å². The molecule has 7 rings (SSSR count). The molecule has 4 N–H and O–H groups in total. The lowest BCUT2D eigenvalue weighted by Crippen LogP contribution is -2.53. The lowest BCUT2D eigenvalue weighted by atomic mass is 9.72. The van der Waals surface area contributed by atoms with Crippen LogP contribution in [0, 0.1) is 18.7 Å². The summed E-state index contributed by atoms with van der Waals surface area (Å²) in [6.07, 6.45) is 3.73. The molecule has 0 radical (unpaired) electrons. The molecule has 1 amide bonds. The maximum Gasteiger partial charge on any atom is 0.338 e. The molecule has 2 saturated heterocycles. The van der Waals surface area contributed by atoms with E-state index in [4.69, 9.17) is 33.7 Å². The molecule has 4 aliphatic rings. The zero-order valence-electron chi connectivity index (χ0n) is 23.9. The first-order chi connectivity index (χ1) is 20.7. The average molecular weight is 624 g/mol. The zero-order chi connectivity index (χ0) is 30.2. The normalized spacial score (nSPS) is 28.1. The third-order valence-corrected chi connectivity index (χ3v) is 10.5. The molecule has 43 heavy (non-hydrogen) atoms. The fourth-order valence-electron chi connectivity index (χ4n) is 7.86. The largest absolute Gasteiger partial charge is 0.465 e. The van der Waals surface area contributed by atoms with Crippen molar-refractivity contribution >= 4 is 46.5 Å². The molecule has 10 heteroatoms. The van der Waals surface area contributed by atoms with Crippen LogP contribution in [-0.2, 0) is 15.1 Å². The fourth-order valence-corrected chi connectivity index (χ4v) is 8.22. The molecule has 1 unspecified atom stereocenters. The van der Waals surface area contributed by atoms with Crippen LogP contribution in [0.2, 0.25) is 10.0 Å². The maximum atomic E-state index is 16.1. The first kappa shape index (κ1) is 28.6. The number of likely N-dealkylation sites (tertiary alicyclic amines) is 1. The molecule has 3 aliphatic heterocycles. The van der Waals surface area contributed by atoms with Crippen LogP contribution in [0.3, 0.4) is 0 Å². The van der Waals surface area contributed by atoms with E-state index in [1.54, 1.807) is 30.3 Å². The maximum absolute atomic E-state index is 16.1. The Bertz CT molecular complexity index is 1660. The minimum atomic E-state index is -1.17. The molecule has 0 bridgehead atoms. The van der Waals surface area contributed by atoms with Gasteiger partial charge in [0, 0.05) is 52.5 Å². The van der Waals surface area contributed by atoms with Gasteiger partial charge in [-0.2, -0.15) is 0 Å². The van der Waals surface area contributed by atoms with E-state index in [0.29, 0.717) is 39.0 Å². The highest BCUT2D eigenvalue weighted by atomic mass is 35.5. The number of nitrogen functional groups attached to an aromatic ring is 1. The van der Waals surface area contributed by atoms with Gasteiger partial charge < -0.3 is 21.1 Å². The molecule has 224 valence electrons. The van der Waals surface area contributed by atoms with Gasteiger partial charge in [-0.25, -0.2) is 9.18 Å². The number of methoxy groups -OCH3 is 1. The Balaban J connectivity index is 1.39. The number of rotatable bonds is 5. The number of piperidine rings is 1. The van der Waals surface area contributed by atoms with Crippen molar-refractivity contribution in [3.63, 3.8) is 0 Å². The molecule has 3 heterocycles. The van der Waals surface area contributed by atoms with Crippen LogP contribution in [0.25, 0.3) is 0 Å². The van der Waals surface area contributed by atoms with Crippen LogP contribution in [0.5, 0.6) is 0 Å². The van der Waals surface area contributed by atoms with Crippen LogP contribution in [0.15, 0.2) is 48.5 Å². The summed E-state index contributed by atoms with van der Waals surface area (Å²) in [6, 6.07) is 13.6. The number of benzene rings is 3. The fraction of sp³-hybridized carbons (Fsp3) is 0.394. The van der Waals surface area contributed by atoms with Gasteiger partial charge in [-0.15, -0.1) is 0 Å². The molecule has 3 aromatic rings. The first-order valence-corrected chi connectivity index (χ1v) is 15.5. The van der Waals surface area contributed by atoms with Crippen molar-refractivity contribution in [3.05, 3.63) is 92.2 Å². The van der Waals surface area contributed by atoms with Crippen LogP contribution in [0.4, 0.5) is 15.8 Å². The van der Waals surface area contributed by atoms with E-state index in [0.717, 1.165) is 43.4 Å². The summed E-state index contributed by atoms with van der Waals surface area (Å²) in [5.74, 6) is -1.26. The highest BCUT2D eigenvalue weighted by Gasteiger charge is 2.68. The number of nitrogens with two attached hydrogens (primary N) is 1. The van der Waals surface area contributed by atoms with Crippen molar-refractivity contribution in [1.82, 2.24) is 10.2 Å². The number of amides is 1. The zero-order valence-corrected chi connectivity index (χ0v) is 25.4. The number of ether oxygens (including phenoxy) is 1. The average Bonchev–Trinajstić information content (AvgIpc) is 3.71. The lowest BCUT2D eigenvalue weighted by Gasteiger charge is -2.40. The second-order valence-corrected chi connectivity index (χ2v) is 13.1. The number of anilines is 2. The molecule has 0 aromatic heterocycles. The third-order valence-electron chi connectivity index (χ3n) is 10.0. The second kappa shape index (κ2) is 10.5. The predicted octanol–water partition coefficient (Wildman–Crippen LogP) is 6.33. The Morgan fingerprint density at radius 3 is 2.65 bits per heavy atom. The van der Waals surface area contributed by atoms with Crippen molar-refractivity contribution in [1.29, 1.82) is 0 Å². The molecule has 3 fully saturated rings. The van der Waals surface area contributed by atoms with Crippen LogP contribution >= 0.6 is 23.2 Å². The Kier molecular flexibility index (Phi) is 6.97. The van der Waals surface area contributed by atoms with Gasteiger partial charge >= 0.3 is 5.97 Å². The number of esters is 1. The van der Waals surface area contributed by atoms with E-state index in [1.165, 1.54) is 13.2 Å². The molecule has 7 nitrogen and oxygen atoms in total. The Morgan fingerprint density at radius 1 is 1.12 bits per heavy atom. The van der Waals surface area contributed by atoms with E-state index < -0.39 is 23.2 Å². The van der Waals surface area contributed by atoms with Crippen molar-refractivity contribution < 1.29 is 18.7 Å². The van der Waals surface area contributed by atoms with Gasteiger partial charge in [0.25, 0.3) is 0 Å². The number of carbonyl (C=O) groups excluding carboxylic acids is 2. The van der Waals surface area contributed by atoms with Gasteiger partial charge in [0.2, 0.25) is 5.91 Å². The van der Waals surface area contributed by atoms with E-state index in [9.17, 15) is 9.59 Å². The van der Waals surface area contributed by atoms with E-state index in [2.05, 4.69) is 15.5 Å². The van der Waals surface area contributed by atoms with E-state index in [1.807, 2.05) is 19.1 Å². The molecule has 5 atom stereocenters. The summed E-state index contributed by atoms with van der Waals surface area (Å²) in [4.78, 5) is 29.1. The summed E-state index contributed by atoms with van der Waals surface area (Å²) < 4.78 is 21.1. The molecular formula is C33H33Cl2FN4O3. The Morgan fingerprint density at radius 2 is 1.91 bits per heavy atom. The summed E-state index contributed by atoms with van der Waals surface area (Å²) in [5, 5.41) is 7.49. The van der Waals surface area contributed by atoms with Crippen LogP contribution in [-0.4, -0.2) is 42.5 Å². The van der Waals surface area contributed by atoms with Gasteiger partial charge in [0.1, 0.15) is 11.4 Å². The summed E-state index contributed by atoms with van der Waals surface area (Å²) >= 11 is 12.8. The first-order valence-electron chi connectivity index (χ1n) is 14.7. The number of nitrogens with one attached hydrogen (secondary N) is 2. The second-order valence-electron chi connectivity index (χ2n) is 12.2. The highest BCUT2D eigenvalue weighted by molar-refractivity contribution is 6.31. The minimum absolute atomic E-state index is 0.0187. The lowest BCUT2D eigenvalue weighted by molar-refractivity contribution is -0.128. The Hall–Kier alpha value is -3.17. The minimum Gasteiger partial charge on any atom is -0.465 e. The smallest absolute Gasteiger partial charge is 0.338 e. The van der Waals surface area contributed by atoms with Gasteiger partial charge in [0.15, 0.2) is 0 Å². The number of carbonyl (C=O) groups is 2. The van der Waals surface area contributed by atoms with Gasteiger partial charge in [-0.3, -0.25) is 9.69 Å². The SMILES string of the molecule is COC(=O)c1ccc(C2CC[C@H]3[C@@H](N2)[C@H](c2cccc(Cl)c2F)[C@]2(C(=O)Nc4cc(Cl)ccc42)N3CC2CC2)c(N)c1C. The van der Waals surface area contributed by atoms with Gasteiger partial charge in [-0.05, 0) is 79.5 Å². The molecule has 3 aromatic carbocycles. The number of hydrogen-bond acceptors (Lipinski definition) is 6. The summed E-state index contributed by atoms with van der Waals surface area (Å²) in [6.45, 7) is 2.55. The molecule has 1 saturated carbocycles. The van der Waals surface area contributed by atoms with E-state index in [-0.39, 0.29) is 29.1 Å². The van der Waals surface area contributed by atoms with Gasteiger partial charge in [-0.1, -0.05) is 47.5 Å². The topological polar surface area (TPSA) is 96.7 Å². The number of fused-ring (bicyclic) bond motifs is 3. The number of hydrogen-bond donors (Lipinski definition) is 3. The number of nitrogens with zero attached hydrogens (tertiary/aromatic N) is 1. The van der Waals surface area contributed by atoms with Crippen LogP contribution in [0.1, 0.15) is 70.3 Å². The monoisotopic (exact) mass is 622 g/mol. The highest BCUT2D eigenvalue weighted by Crippen LogP contribution is 2.60.